The highest BCUT2D eigenvalue weighted by molar-refractivity contribution is 8.00. The van der Waals surface area contributed by atoms with Gasteiger partial charge in [0.05, 0.1) is 5.75 Å². The van der Waals surface area contributed by atoms with Crippen LogP contribution in [-0.2, 0) is 11.3 Å². The Morgan fingerprint density at radius 3 is 2.81 bits per heavy atom. The molecule has 0 unspecified atom stereocenters. The lowest BCUT2D eigenvalue weighted by atomic mass is 10.2. The van der Waals surface area contributed by atoms with Gasteiger partial charge < -0.3 is 10.2 Å². The minimum atomic E-state index is 0.0204. The minimum absolute atomic E-state index is 0.0204. The van der Waals surface area contributed by atoms with Crippen molar-refractivity contribution in [3.63, 3.8) is 0 Å². The van der Waals surface area contributed by atoms with Gasteiger partial charge in [0.1, 0.15) is 16.1 Å². The number of nitrogens with zero attached hydrogens (tertiary/aromatic N) is 4. The van der Waals surface area contributed by atoms with Gasteiger partial charge in [-0.1, -0.05) is 60.4 Å². The second-order valence-electron chi connectivity index (χ2n) is 6.34. The summed E-state index contributed by atoms with van der Waals surface area (Å²) in [6, 6.07) is 10.5. The standard InChI is InChI=1S/C19H23N5OS2/c1-4-13(2)22-15(25)11-26-18-16-17(20-12-21-18)23-19(27-16)24(3)10-14-8-6-5-7-9-14/h5-9,12-13H,4,10-11H2,1-3H3,(H,22,25)/t13-/m0/s1. The third-order valence-electron chi connectivity index (χ3n) is 4.10. The number of hydrogen-bond donors (Lipinski definition) is 1. The van der Waals surface area contributed by atoms with Crippen LogP contribution in [0.25, 0.3) is 10.3 Å². The SMILES string of the molecule is CC[C@H](C)NC(=O)CSc1ncnc2nc(N(C)Cc3ccccc3)sc12. The third-order valence-corrected chi connectivity index (χ3v) is 6.38. The first-order valence-electron chi connectivity index (χ1n) is 8.85. The van der Waals surface area contributed by atoms with Gasteiger partial charge in [0, 0.05) is 19.6 Å². The molecule has 3 rings (SSSR count). The Balaban J connectivity index is 1.72. The number of benzene rings is 1. The number of anilines is 1. The van der Waals surface area contributed by atoms with Crippen LogP contribution in [0.15, 0.2) is 41.7 Å². The zero-order chi connectivity index (χ0) is 19.2. The van der Waals surface area contributed by atoms with E-state index in [1.54, 1.807) is 11.3 Å². The quantitative estimate of drug-likeness (QED) is 0.458. The van der Waals surface area contributed by atoms with Crippen LogP contribution in [-0.4, -0.2) is 39.7 Å². The van der Waals surface area contributed by atoms with E-state index in [-0.39, 0.29) is 11.9 Å². The van der Waals surface area contributed by atoms with Gasteiger partial charge in [0.15, 0.2) is 10.8 Å². The Labute approximate surface area is 167 Å². The van der Waals surface area contributed by atoms with Gasteiger partial charge in [0.2, 0.25) is 5.91 Å². The molecule has 0 bridgehead atoms. The number of fused-ring (bicyclic) bond motifs is 1. The van der Waals surface area contributed by atoms with Crippen molar-refractivity contribution in [2.45, 2.75) is 37.9 Å². The van der Waals surface area contributed by atoms with Crippen LogP contribution >= 0.6 is 23.1 Å². The molecule has 1 aromatic carbocycles. The number of amides is 1. The van der Waals surface area contributed by atoms with Gasteiger partial charge in [-0.15, -0.1) is 0 Å². The summed E-state index contributed by atoms with van der Waals surface area (Å²) in [4.78, 5) is 27.4. The van der Waals surface area contributed by atoms with E-state index in [4.69, 9.17) is 0 Å². The molecule has 6 nitrogen and oxygen atoms in total. The molecule has 1 N–H and O–H groups in total. The molecule has 0 aliphatic heterocycles. The van der Waals surface area contributed by atoms with Crippen LogP contribution in [0.2, 0.25) is 0 Å². The number of aromatic nitrogens is 3. The summed E-state index contributed by atoms with van der Waals surface area (Å²) in [5.74, 6) is 0.357. The van der Waals surface area contributed by atoms with Crippen molar-refractivity contribution in [3.05, 3.63) is 42.2 Å². The van der Waals surface area contributed by atoms with Crippen LogP contribution < -0.4 is 10.2 Å². The second-order valence-corrected chi connectivity index (χ2v) is 8.28. The van der Waals surface area contributed by atoms with Gasteiger partial charge >= 0.3 is 0 Å². The molecule has 0 aliphatic rings. The van der Waals surface area contributed by atoms with Crippen molar-refractivity contribution in [3.8, 4) is 0 Å². The molecule has 0 radical (unpaired) electrons. The van der Waals surface area contributed by atoms with E-state index in [2.05, 4.69) is 44.2 Å². The summed E-state index contributed by atoms with van der Waals surface area (Å²) in [6.07, 6.45) is 2.43. The molecule has 0 fully saturated rings. The van der Waals surface area contributed by atoms with Crippen molar-refractivity contribution in [2.24, 2.45) is 0 Å². The fraction of sp³-hybridized carbons (Fsp3) is 0.368. The predicted molar refractivity (Wildman–Crippen MR) is 112 cm³/mol. The Hall–Kier alpha value is -2.19. The molecule has 142 valence electrons. The monoisotopic (exact) mass is 401 g/mol. The van der Waals surface area contributed by atoms with Gasteiger partial charge in [-0.05, 0) is 18.9 Å². The molecular formula is C19H23N5OS2. The molecule has 0 aliphatic carbocycles. The average molecular weight is 402 g/mol. The van der Waals surface area contributed by atoms with Gasteiger partial charge in [-0.3, -0.25) is 4.79 Å². The van der Waals surface area contributed by atoms with E-state index in [1.807, 2.05) is 32.2 Å². The summed E-state index contributed by atoms with van der Waals surface area (Å²) in [5.41, 5.74) is 1.90. The van der Waals surface area contributed by atoms with E-state index in [0.29, 0.717) is 11.4 Å². The Kier molecular flexibility index (Phi) is 6.63. The topological polar surface area (TPSA) is 71.0 Å². The Morgan fingerprint density at radius 2 is 2.07 bits per heavy atom. The average Bonchev–Trinajstić information content (AvgIpc) is 3.12. The molecule has 1 amide bonds. The van der Waals surface area contributed by atoms with Crippen molar-refractivity contribution in [1.82, 2.24) is 20.3 Å². The number of hydrogen-bond acceptors (Lipinski definition) is 7. The molecule has 2 heterocycles. The largest absolute Gasteiger partial charge is 0.353 e. The Morgan fingerprint density at radius 1 is 1.30 bits per heavy atom. The van der Waals surface area contributed by atoms with E-state index >= 15 is 0 Å². The number of carbonyl (C=O) groups is 1. The number of rotatable bonds is 8. The Bertz CT molecular complexity index is 900. The molecule has 1 atom stereocenters. The zero-order valence-corrected chi connectivity index (χ0v) is 17.3. The summed E-state index contributed by atoms with van der Waals surface area (Å²) in [5, 5.41) is 4.67. The predicted octanol–water partition coefficient (Wildman–Crippen LogP) is 3.73. The number of nitrogens with one attached hydrogen (secondary N) is 1. The smallest absolute Gasteiger partial charge is 0.230 e. The first-order chi connectivity index (χ1) is 13.1. The molecular weight excluding hydrogens is 378 g/mol. The van der Waals surface area contributed by atoms with E-state index in [9.17, 15) is 4.79 Å². The normalized spacial score (nSPS) is 12.1. The summed E-state index contributed by atoms with van der Waals surface area (Å²) >= 11 is 2.99. The van der Waals surface area contributed by atoms with Gasteiger partial charge in [0.25, 0.3) is 0 Å². The van der Waals surface area contributed by atoms with E-state index in [1.165, 1.54) is 23.7 Å². The van der Waals surface area contributed by atoms with E-state index in [0.717, 1.165) is 27.8 Å². The number of thioether (sulfide) groups is 1. The first kappa shape index (κ1) is 19.6. The molecule has 0 spiro atoms. The van der Waals surface area contributed by atoms with Crippen LogP contribution in [0.1, 0.15) is 25.8 Å². The maximum absolute atomic E-state index is 12.0. The fourth-order valence-corrected chi connectivity index (χ4v) is 4.33. The van der Waals surface area contributed by atoms with Crippen LogP contribution in [0.4, 0.5) is 5.13 Å². The van der Waals surface area contributed by atoms with Crippen molar-refractivity contribution >= 4 is 44.5 Å². The third kappa shape index (κ3) is 5.17. The highest BCUT2D eigenvalue weighted by Crippen LogP contribution is 2.33. The van der Waals surface area contributed by atoms with Crippen molar-refractivity contribution < 1.29 is 4.79 Å². The number of thiazole rings is 1. The molecule has 27 heavy (non-hydrogen) atoms. The van der Waals surface area contributed by atoms with Crippen LogP contribution in [0, 0.1) is 0 Å². The van der Waals surface area contributed by atoms with Crippen LogP contribution in [0.5, 0.6) is 0 Å². The lowest BCUT2D eigenvalue weighted by molar-refractivity contribution is -0.119. The zero-order valence-electron chi connectivity index (χ0n) is 15.7. The summed E-state index contributed by atoms with van der Waals surface area (Å²) in [6.45, 7) is 4.83. The molecule has 0 saturated carbocycles. The lowest BCUT2D eigenvalue weighted by Gasteiger charge is -2.15. The van der Waals surface area contributed by atoms with Crippen molar-refractivity contribution in [1.29, 1.82) is 0 Å². The molecule has 8 heteroatoms. The number of carbonyl (C=O) groups excluding carboxylic acids is 1. The first-order valence-corrected chi connectivity index (χ1v) is 10.7. The minimum Gasteiger partial charge on any atom is -0.353 e. The summed E-state index contributed by atoms with van der Waals surface area (Å²) < 4.78 is 0.925. The fourth-order valence-electron chi connectivity index (χ4n) is 2.47. The van der Waals surface area contributed by atoms with Gasteiger partial charge in [-0.2, -0.15) is 4.98 Å². The molecule has 2 aromatic heterocycles. The van der Waals surface area contributed by atoms with Gasteiger partial charge in [-0.25, -0.2) is 9.97 Å². The van der Waals surface area contributed by atoms with E-state index < -0.39 is 0 Å². The lowest BCUT2D eigenvalue weighted by Crippen LogP contribution is -2.33. The molecule has 0 saturated heterocycles. The van der Waals surface area contributed by atoms with Crippen molar-refractivity contribution in [2.75, 3.05) is 17.7 Å². The highest BCUT2D eigenvalue weighted by Gasteiger charge is 2.15. The maximum atomic E-state index is 12.0. The second kappa shape index (κ2) is 9.14. The molecule has 3 aromatic rings. The highest BCUT2D eigenvalue weighted by atomic mass is 32.2. The maximum Gasteiger partial charge on any atom is 0.230 e. The summed E-state index contributed by atoms with van der Waals surface area (Å²) in [7, 11) is 2.02. The van der Waals surface area contributed by atoms with Crippen LogP contribution in [0.3, 0.4) is 0 Å².